The molecule has 0 aliphatic carbocycles. The van der Waals surface area contributed by atoms with Crippen LogP contribution in [0.25, 0.3) is 0 Å². The van der Waals surface area contributed by atoms with Crippen molar-refractivity contribution < 1.29 is 19.1 Å². The molecule has 0 unspecified atom stereocenters. The molecule has 0 fully saturated rings. The summed E-state index contributed by atoms with van der Waals surface area (Å²) in [6, 6.07) is 0. The van der Waals surface area contributed by atoms with Crippen molar-refractivity contribution in [3.63, 3.8) is 0 Å². The van der Waals surface area contributed by atoms with Crippen molar-refractivity contribution in [1.82, 2.24) is 10.6 Å². The summed E-state index contributed by atoms with van der Waals surface area (Å²) in [5.74, 6) is 1.41. The molecule has 0 radical (unpaired) electrons. The van der Waals surface area contributed by atoms with Crippen LogP contribution in [0.5, 0.6) is 0 Å². The SMILES string of the molecule is C.C.C.C.C.C.C.C.C.C/C=C\C.CC(C)=O.CCOC.CCSC.CNC.CNC(C)=O.COC.CSC. The third kappa shape index (κ3) is 2370. The molecule has 0 aromatic carbocycles. The third-order valence-corrected chi connectivity index (χ3v) is 1.84. The van der Waals surface area contributed by atoms with Gasteiger partial charge in [-0.3, -0.25) is 4.79 Å². The second-order valence-corrected chi connectivity index (χ2v) is 6.82. The molecule has 0 aromatic rings. The lowest BCUT2D eigenvalue weighted by atomic mass is 10.6. The van der Waals surface area contributed by atoms with E-state index >= 15 is 0 Å². The number of hydrogen-bond acceptors (Lipinski definition) is 7. The van der Waals surface area contributed by atoms with Gasteiger partial charge in [0.2, 0.25) is 5.91 Å². The minimum atomic E-state index is 0. The largest absolute Gasteiger partial charge is 0.388 e. The normalized spacial score (nSPS) is 5.44. The maximum absolute atomic E-state index is 9.70. The van der Waals surface area contributed by atoms with Gasteiger partial charge in [0.25, 0.3) is 0 Å². The molecule has 2 N–H and O–H groups in total. The van der Waals surface area contributed by atoms with Gasteiger partial charge in [-0.15, -0.1) is 0 Å². The first-order valence-corrected chi connectivity index (χ1v) is 12.6. The van der Waals surface area contributed by atoms with Crippen molar-refractivity contribution in [3.8, 4) is 0 Å². The van der Waals surface area contributed by atoms with E-state index in [0.717, 1.165) is 6.61 Å². The highest BCUT2D eigenvalue weighted by Crippen LogP contribution is 1.83. The molecular formula is C31H92N2O4S2. The molecule has 0 saturated heterocycles. The summed E-state index contributed by atoms with van der Waals surface area (Å²) >= 11 is 3.61. The average Bonchev–Trinajstić information content (AvgIpc) is 2.70. The summed E-state index contributed by atoms with van der Waals surface area (Å²) in [5.41, 5.74) is 0. The zero-order valence-electron chi connectivity index (χ0n) is 23.0. The number of ketones is 1. The van der Waals surface area contributed by atoms with E-state index < -0.39 is 0 Å². The first-order valence-electron chi connectivity index (χ1n) is 9.59. The van der Waals surface area contributed by atoms with E-state index in [1.165, 1.54) is 26.5 Å². The fourth-order valence-electron chi connectivity index (χ4n) is 0. The molecular weight excluding hydrogens is 528 g/mol. The lowest BCUT2D eigenvalue weighted by Crippen LogP contribution is -2.11. The van der Waals surface area contributed by atoms with Gasteiger partial charge in [0.15, 0.2) is 0 Å². The summed E-state index contributed by atoms with van der Waals surface area (Å²) in [6.07, 6.45) is 10.2. The van der Waals surface area contributed by atoms with Crippen LogP contribution in [0.3, 0.4) is 0 Å². The second-order valence-electron chi connectivity index (χ2n) is 4.85. The Balaban J connectivity index is -0.00000000920. The predicted octanol–water partition coefficient (Wildman–Crippen LogP) is 10.8. The number of Topliss-reactive ketones (excluding diaryl/α,β-unsaturated/α-hetero) is 1. The molecule has 8 heteroatoms. The Morgan fingerprint density at radius 1 is 0.692 bits per heavy atom. The molecule has 262 valence electrons. The fraction of sp³-hybridized carbons (Fsp3) is 0.871. The van der Waals surface area contributed by atoms with E-state index in [-0.39, 0.29) is 78.5 Å². The molecule has 0 aliphatic rings. The van der Waals surface area contributed by atoms with Crippen LogP contribution in [0, 0.1) is 0 Å². The van der Waals surface area contributed by atoms with Crippen molar-refractivity contribution >= 4 is 35.2 Å². The minimum absolute atomic E-state index is 0. The van der Waals surface area contributed by atoms with E-state index in [1.807, 2.05) is 71.3 Å². The van der Waals surface area contributed by atoms with Crippen molar-refractivity contribution in [2.75, 3.05) is 73.6 Å². The Bertz CT molecular complexity index is 240. The number of ether oxygens (including phenoxy) is 2. The minimum Gasteiger partial charge on any atom is -0.388 e. The second kappa shape index (κ2) is 208. The molecule has 0 heterocycles. The Morgan fingerprint density at radius 3 is 0.795 bits per heavy atom. The molecule has 0 bridgehead atoms. The summed E-state index contributed by atoms with van der Waals surface area (Å²) < 4.78 is 8.79. The lowest BCUT2D eigenvalue weighted by molar-refractivity contribution is -0.118. The van der Waals surface area contributed by atoms with Gasteiger partial charge in [-0.2, -0.15) is 23.5 Å². The van der Waals surface area contributed by atoms with E-state index in [4.69, 9.17) is 0 Å². The van der Waals surface area contributed by atoms with E-state index in [9.17, 15) is 9.59 Å². The van der Waals surface area contributed by atoms with Gasteiger partial charge in [0.1, 0.15) is 5.78 Å². The lowest BCUT2D eigenvalue weighted by Gasteiger charge is -1.80. The number of nitrogens with one attached hydrogen (secondary N) is 2. The number of carbonyl (C=O) groups excluding carboxylic acids is 2. The Kier molecular flexibility index (Phi) is 626. The molecule has 0 atom stereocenters. The van der Waals surface area contributed by atoms with Crippen molar-refractivity contribution in [2.45, 2.75) is 115 Å². The molecule has 0 aromatic heterocycles. The maximum atomic E-state index is 9.70. The Labute approximate surface area is 265 Å². The predicted molar refractivity (Wildman–Crippen MR) is 206 cm³/mol. The van der Waals surface area contributed by atoms with Gasteiger partial charge in [0.05, 0.1) is 0 Å². The van der Waals surface area contributed by atoms with Gasteiger partial charge < -0.3 is 24.9 Å². The van der Waals surface area contributed by atoms with Crippen LogP contribution in [0.1, 0.15) is 115 Å². The Hall–Kier alpha value is -0.540. The van der Waals surface area contributed by atoms with Crippen molar-refractivity contribution in [2.24, 2.45) is 0 Å². The number of rotatable bonds is 2. The highest BCUT2D eigenvalue weighted by molar-refractivity contribution is 7.98. The standard InChI is InChI=1S/C4H8.C3H7NO.C3H8O.C3H6O.C3H8S.C2H7N.C2H6O.C2H6S.9CH4/c1-3-4-2;1-3(5)4-2;1-3-4-2;1-3(2)4;1-3-4-2;3*1-3-2;;;;;;;;;/h3-4H,1-2H3;1-2H3,(H,4,5);3H2,1-2H3;1-2H3;3H2,1-2H3;3H,1-2H3;2*1-2H3;9*1H4/b4-3-;;;;;;;;;;;;;;;;. The molecule has 0 aliphatic heterocycles. The van der Waals surface area contributed by atoms with Crippen LogP contribution < -0.4 is 10.6 Å². The molecule has 1 amide bonds. The summed E-state index contributed by atoms with van der Waals surface area (Å²) in [6.45, 7) is 13.4. The fourth-order valence-corrected chi connectivity index (χ4v) is 0. The molecule has 0 rings (SSSR count). The van der Waals surface area contributed by atoms with E-state index in [0.29, 0.717) is 0 Å². The van der Waals surface area contributed by atoms with Crippen LogP contribution in [0.2, 0.25) is 0 Å². The summed E-state index contributed by atoms with van der Waals surface area (Å²) in [4.78, 5) is 19.1. The van der Waals surface area contributed by atoms with Gasteiger partial charge in [0, 0.05) is 41.9 Å². The third-order valence-electron chi connectivity index (χ3n) is 1.26. The van der Waals surface area contributed by atoms with Crippen LogP contribution in [-0.4, -0.2) is 85.3 Å². The first-order chi connectivity index (χ1) is 14.0. The van der Waals surface area contributed by atoms with Gasteiger partial charge in [-0.1, -0.05) is 85.9 Å². The zero-order valence-corrected chi connectivity index (χ0v) is 24.7. The number of methoxy groups -OCH3 is 2. The summed E-state index contributed by atoms with van der Waals surface area (Å²) in [5, 5.41) is 5.14. The number of hydrogen-bond donors (Lipinski definition) is 2. The highest BCUT2D eigenvalue weighted by atomic mass is 32.2. The quantitative estimate of drug-likeness (QED) is 0.297. The van der Waals surface area contributed by atoms with Gasteiger partial charge in [-0.25, -0.2) is 0 Å². The maximum Gasteiger partial charge on any atom is 0.216 e. The number of allylic oxidation sites excluding steroid dienone is 2. The van der Waals surface area contributed by atoms with Crippen LogP contribution in [0.4, 0.5) is 0 Å². The topological polar surface area (TPSA) is 76.7 Å². The molecule has 39 heavy (non-hydrogen) atoms. The van der Waals surface area contributed by atoms with E-state index in [2.05, 4.69) is 33.3 Å². The van der Waals surface area contributed by atoms with Crippen LogP contribution >= 0.6 is 23.5 Å². The molecule has 0 saturated carbocycles. The highest BCUT2D eigenvalue weighted by Gasteiger charge is 1.72. The van der Waals surface area contributed by atoms with E-state index in [1.54, 1.807) is 40.1 Å². The number of carbonyl (C=O) groups is 2. The number of amides is 1. The van der Waals surface area contributed by atoms with Gasteiger partial charge >= 0.3 is 0 Å². The molecule has 0 spiro atoms. The van der Waals surface area contributed by atoms with Crippen molar-refractivity contribution in [3.05, 3.63) is 12.2 Å². The summed E-state index contributed by atoms with van der Waals surface area (Å²) in [7, 11) is 10.3. The van der Waals surface area contributed by atoms with Crippen LogP contribution in [0.15, 0.2) is 12.2 Å². The number of thioether (sulfide) groups is 2. The Morgan fingerprint density at radius 2 is 0.795 bits per heavy atom. The van der Waals surface area contributed by atoms with Crippen molar-refractivity contribution in [1.29, 1.82) is 0 Å². The van der Waals surface area contributed by atoms with Gasteiger partial charge in [-0.05, 0) is 73.2 Å². The molecule has 6 nitrogen and oxygen atoms in total. The van der Waals surface area contributed by atoms with Crippen LogP contribution in [-0.2, 0) is 19.1 Å². The average molecular weight is 621 g/mol. The zero-order chi connectivity index (χ0) is 26.2. The monoisotopic (exact) mass is 621 g/mol. The first kappa shape index (κ1) is 117. The smallest absolute Gasteiger partial charge is 0.216 e.